The number of nitrogens with zero attached hydrogens (tertiary/aromatic N) is 1. The fourth-order valence-electron chi connectivity index (χ4n) is 2.04. The smallest absolute Gasteiger partial charge is 0.298 e. The van der Waals surface area contributed by atoms with Crippen LogP contribution in [0.1, 0.15) is 5.56 Å². The number of nitrogens with one attached hydrogen (secondary N) is 1. The first-order chi connectivity index (χ1) is 11.4. The second-order valence-electron chi connectivity index (χ2n) is 5.07. The van der Waals surface area contributed by atoms with Gasteiger partial charge >= 0.3 is 0 Å². The first-order valence-electron chi connectivity index (χ1n) is 6.87. The zero-order chi connectivity index (χ0) is 17.3. The maximum atomic E-state index is 13.5. The van der Waals surface area contributed by atoms with Crippen LogP contribution >= 0.6 is 0 Å². The van der Waals surface area contributed by atoms with Crippen LogP contribution in [-0.2, 0) is 10.0 Å². The first-order valence-corrected chi connectivity index (χ1v) is 8.36. The summed E-state index contributed by atoms with van der Waals surface area (Å²) in [7, 11) is -4.16. The summed E-state index contributed by atoms with van der Waals surface area (Å²) >= 11 is 0. The minimum absolute atomic E-state index is 0.191. The number of benzene rings is 2. The molecule has 0 amide bonds. The summed E-state index contributed by atoms with van der Waals surface area (Å²) in [6, 6.07) is 11.9. The molecule has 0 bridgehead atoms. The average molecular weight is 350 g/mol. The van der Waals surface area contributed by atoms with Crippen molar-refractivity contribution >= 4 is 15.7 Å². The van der Waals surface area contributed by atoms with Gasteiger partial charge < -0.3 is 4.52 Å². The highest BCUT2D eigenvalue weighted by molar-refractivity contribution is 7.92. The Labute approximate surface area is 137 Å². The van der Waals surface area contributed by atoms with Crippen LogP contribution in [0.2, 0.25) is 0 Å². The Balaban J connectivity index is 1.90. The van der Waals surface area contributed by atoms with Gasteiger partial charge in [-0.3, -0.25) is 4.72 Å². The van der Waals surface area contributed by atoms with Gasteiger partial charge in [-0.2, -0.15) is 8.42 Å². The van der Waals surface area contributed by atoms with Gasteiger partial charge in [0.15, 0.2) is 0 Å². The lowest BCUT2D eigenvalue weighted by atomic mass is 10.2. The van der Waals surface area contributed by atoms with Crippen molar-refractivity contribution in [2.24, 2.45) is 0 Å². The Morgan fingerprint density at radius 3 is 2.29 bits per heavy atom. The highest BCUT2D eigenvalue weighted by atomic mass is 32.2. The zero-order valence-electron chi connectivity index (χ0n) is 12.5. The monoisotopic (exact) mass is 350 g/mol. The molecule has 0 aliphatic heterocycles. The van der Waals surface area contributed by atoms with Crippen LogP contribution in [0.4, 0.5) is 14.5 Å². The van der Waals surface area contributed by atoms with Crippen LogP contribution in [0.25, 0.3) is 11.3 Å². The number of sulfonamides is 1. The third-order valence-corrected chi connectivity index (χ3v) is 4.58. The van der Waals surface area contributed by atoms with Crippen LogP contribution in [-0.4, -0.2) is 13.6 Å². The van der Waals surface area contributed by atoms with E-state index in [1.54, 1.807) is 24.3 Å². The molecule has 1 N–H and O–H groups in total. The fourth-order valence-corrected chi connectivity index (χ4v) is 2.97. The Bertz CT molecular complexity index is 963. The Hall–Kier alpha value is -2.74. The van der Waals surface area contributed by atoms with E-state index in [0.29, 0.717) is 11.3 Å². The predicted molar refractivity (Wildman–Crippen MR) is 83.8 cm³/mol. The summed E-state index contributed by atoms with van der Waals surface area (Å²) in [4.78, 5) is 0. The second kappa shape index (κ2) is 6.04. The van der Waals surface area contributed by atoms with Crippen LogP contribution in [0.15, 0.2) is 58.1 Å². The van der Waals surface area contributed by atoms with Crippen molar-refractivity contribution < 1.29 is 21.7 Å². The Morgan fingerprint density at radius 1 is 1.04 bits per heavy atom. The van der Waals surface area contributed by atoms with Crippen molar-refractivity contribution in [3.8, 4) is 11.3 Å². The molecule has 0 saturated carbocycles. The van der Waals surface area contributed by atoms with Crippen molar-refractivity contribution in [1.29, 1.82) is 0 Å². The van der Waals surface area contributed by atoms with Gasteiger partial charge in [-0.05, 0) is 19.1 Å². The van der Waals surface area contributed by atoms with E-state index in [4.69, 9.17) is 4.52 Å². The minimum Gasteiger partial charge on any atom is -0.342 e. The van der Waals surface area contributed by atoms with E-state index < -0.39 is 26.8 Å². The molecule has 3 rings (SSSR count). The van der Waals surface area contributed by atoms with Crippen LogP contribution < -0.4 is 4.72 Å². The van der Waals surface area contributed by atoms with Crippen molar-refractivity contribution in [2.45, 2.75) is 12.0 Å². The molecule has 0 aliphatic rings. The van der Waals surface area contributed by atoms with Crippen molar-refractivity contribution in [3.63, 3.8) is 0 Å². The van der Waals surface area contributed by atoms with Crippen LogP contribution in [0.3, 0.4) is 0 Å². The van der Waals surface area contributed by atoms with E-state index >= 15 is 0 Å². The van der Waals surface area contributed by atoms with Gasteiger partial charge in [0.05, 0.1) is 5.69 Å². The molecule has 0 fully saturated rings. The van der Waals surface area contributed by atoms with E-state index in [0.717, 1.165) is 12.1 Å². The summed E-state index contributed by atoms with van der Waals surface area (Å²) in [5, 5.41) is 3.25. The summed E-state index contributed by atoms with van der Waals surface area (Å²) in [5.41, 5.74) is 0.574. The van der Waals surface area contributed by atoms with E-state index in [2.05, 4.69) is 9.88 Å². The summed E-state index contributed by atoms with van der Waals surface area (Å²) in [5.74, 6) is -1.70. The van der Waals surface area contributed by atoms with Crippen LogP contribution in [0.5, 0.6) is 0 Å². The molecular weight excluding hydrogens is 338 g/mol. The molecule has 1 aromatic heterocycles. The molecule has 0 radical (unpaired) electrons. The van der Waals surface area contributed by atoms with Gasteiger partial charge in [0, 0.05) is 17.2 Å². The number of aromatic nitrogens is 1. The molecule has 0 unspecified atom stereocenters. The molecule has 2 aromatic carbocycles. The molecule has 0 atom stereocenters. The van der Waals surface area contributed by atoms with Gasteiger partial charge in [0.2, 0.25) is 0 Å². The highest BCUT2D eigenvalue weighted by Gasteiger charge is 2.22. The topological polar surface area (TPSA) is 72.2 Å². The molecule has 0 spiro atoms. The van der Waals surface area contributed by atoms with E-state index in [1.165, 1.54) is 13.0 Å². The standard InChI is InChI=1S/C16H12F2N2O3S/c1-10-13(17)7-12(8-14(10)18)20-24(21,22)16-9-15(19-23-16)11-5-3-2-4-6-11/h2-9,20H,1H3. The van der Waals surface area contributed by atoms with E-state index in [9.17, 15) is 17.2 Å². The summed E-state index contributed by atoms with van der Waals surface area (Å²) < 4.78 is 58.5. The zero-order valence-corrected chi connectivity index (χ0v) is 13.3. The quantitative estimate of drug-likeness (QED) is 0.778. The number of hydrogen-bond acceptors (Lipinski definition) is 4. The SMILES string of the molecule is Cc1c(F)cc(NS(=O)(=O)c2cc(-c3ccccc3)no2)cc1F. The fraction of sp³-hybridized carbons (Fsp3) is 0.0625. The number of anilines is 1. The Kier molecular flexibility index (Phi) is 4.06. The van der Waals surface area contributed by atoms with Gasteiger partial charge in [-0.25, -0.2) is 8.78 Å². The lowest BCUT2D eigenvalue weighted by Crippen LogP contribution is -2.12. The van der Waals surface area contributed by atoms with E-state index in [-0.39, 0.29) is 11.3 Å². The molecule has 124 valence electrons. The number of halogens is 2. The molecule has 5 nitrogen and oxygen atoms in total. The Morgan fingerprint density at radius 2 is 1.67 bits per heavy atom. The van der Waals surface area contributed by atoms with Gasteiger partial charge in [-0.1, -0.05) is 35.5 Å². The van der Waals surface area contributed by atoms with Crippen molar-refractivity contribution in [2.75, 3.05) is 4.72 Å². The second-order valence-corrected chi connectivity index (χ2v) is 6.68. The molecule has 1 heterocycles. The number of rotatable bonds is 4. The number of hydrogen-bond donors (Lipinski definition) is 1. The lowest BCUT2D eigenvalue weighted by molar-refractivity contribution is 0.341. The highest BCUT2D eigenvalue weighted by Crippen LogP contribution is 2.24. The first kappa shape index (κ1) is 16.1. The third-order valence-electron chi connectivity index (χ3n) is 3.36. The normalized spacial score (nSPS) is 11.5. The third kappa shape index (κ3) is 3.13. The molecule has 0 saturated heterocycles. The minimum atomic E-state index is -4.16. The maximum Gasteiger partial charge on any atom is 0.298 e. The van der Waals surface area contributed by atoms with E-state index in [1.807, 2.05) is 6.07 Å². The lowest BCUT2D eigenvalue weighted by Gasteiger charge is -2.07. The van der Waals surface area contributed by atoms with Gasteiger partial charge in [0.25, 0.3) is 15.1 Å². The van der Waals surface area contributed by atoms with Gasteiger partial charge in [-0.15, -0.1) is 0 Å². The largest absolute Gasteiger partial charge is 0.342 e. The maximum absolute atomic E-state index is 13.5. The average Bonchev–Trinajstić information content (AvgIpc) is 3.04. The molecule has 24 heavy (non-hydrogen) atoms. The predicted octanol–water partition coefficient (Wildman–Crippen LogP) is 3.73. The van der Waals surface area contributed by atoms with Gasteiger partial charge in [0.1, 0.15) is 17.3 Å². The molecular formula is C16H12F2N2O3S. The van der Waals surface area contributed by atoms with Crippen LogP contribution in [0, 0.1) is 18.6 Å². The molecule has 8 heteroatoms. The molecule has 0 aliphatic carbocycles. The molecule has 3 aromatic rings. The summed E-state index contributed by atoms with van der Waals surface area (Å²) in [6.07, 6.45) is 0. The van der Waals surface area contributed by atoms with Crippen molar-refractivity contribution in [1.82, 2.24) is 5.16 Å². The summed E-state index contributed by atoms with van der Waals surface area (Å²) in [6.45, 7) is 1.26. The van der Waals surface area contributed by atoms with Crippen molar-refractivity contribution in [3.05, 3.63) is 65.7 Å².